The van der Waals surface area contributed by atoms with Crippen molar-refractivity contribution in [1.82, 2.24) is 0 Å². The van der Waals surface area contributed by atoms with Crippen molar-refractivity contribution in [2.45, 2.75) is 18.2 Å². The first-order valence-corrected chi connectivity index (χ1v) is 10.9. The third kappa shape index (κ3) is 4.23. The van der Waals surface area contributed by atoms with E-state index in [1.807, 2.05) is 24.3 Å². The highest BCUT2D eigenvalue weighted by Gasteiger charge is 2.19. The Hall–Kier alpha value is -3.52. The molecular formula is C22H20N2O5S. The molecule has 0 atom stereocenters. The van der Waals surface area contributed by atoms with Crippen LogP contribution in [0.15, 0.2) is 71.6 Å². The number of carbonyl (C=O) groups is 1. The summed E-state index contributed by atoms with van der Waals surface area (Å²) in [7, 11) is -3.90. The maximum atomic E-state index is 12.8. The van der Waals surface area contributed by atoms with Gasteiger partial charge in [0.05, 0.1) is 10.6 Å². The van der Waals surface area contributed by atoms with Crippen molar-refractivity contribution in [1.29, 1.82) is 0 Å². The molecule has 0 radical (unpaired) electrons. The number of benzene rings is 3. The van der Waals surface area contributed by atoms with Gasteiger partial charge in [0.25, 0.3) is 15.9 Å². The van der Waals surface area contributed by atoms with Gasteiger partial charge in [-0.05, 0) is 54.4 Å². The van der Waals surface area contributed by atoms with E-state index in [1.54, 1.807) is 24.3 Å². The van der Waals surface area contributed by atoms with Crippen molar-refractivity contribution in [3.63, 3.8) is 0 Å². The molecule has 3 aromatic carbocycles. The van der Waals surface area contributed by atoms with Gasteiger partial charge in [0.1, 0.15) is 0 Å². The predicted molar refractivity (Wildman–Crippen MR) is 114 cm³/mol. The second kappa shape index (κ2) is 8.08. The summed E-state index contributed by atoms with van der Waals surface area (Å²) in [4.78, 5) is 12.6. The monoisotopic (exact) mass is 424 g/mol. The van der Waals surface area contributed by atoms with E-state index in [2.05, 4.69) is 17.0 Å². The molecule has 0 saturated heterocycles. The van der Waals surface area contributed by atoms with Crippen LogP contribution >= 0.6 is 0 Å². The van der Waals surface area contributed by atoms with Crippen LogP contribution < -0.4 is 19.5 Å². The van der Waals surface area contributed by atoms with Gasteiger partial charge in [-0.2, -0.15) is 0 Å². The Bertz CT molecular complexity index is 1190. The molecule has 2 N–H and O–H groups in total. The number of fused-ring (bicyclic) bond motifs is 1. The fourth-order valence-electron chi connectivity index (χ4n) is 3.01. The van der Waals surface area contributed by atoms with E-state index in [4.69, 9.17) is 9.47 Å². The van der Waals surface area contributed by atoms with E-state index in [0.29, 0.717) is 22.9 Å². The number of anilines is 2. The molecule has 4 rings (SSSR count). The summed E-state index contributed by atoms with van der Waals surface area (Å²) < 4.78 is 38.6. The maximum Gasteiger partial charge on any atom is 0.261 e. The molecular weight excluding hydrogens is 404 g/mol. The van der Waals surface area contributed by atoms with E-state index >= 15 is 0 Å². The van der Waals surface area contributed by atoms with Gasteiger partial charge in [-0.15, -0.1) is 0 Å². The lowest BCUT2D eigenvalue weighted by atomic mass is 10.1. The minimum Gasteiger partial charge on any atom is -0.454 e. The van der Waals surface area contributed by atoms with Crippen LogP contribution in [-0.4, -0.2) is 21.1 Å². The summed E-state index contributed by atoms with van der Waals surface area (Å²) in [6, 6.07) is 18.1. The summed E-state index contributed by atoms with van der Waals surface area (Å²) in [6.45, 7) is 2.15. The number of amides is 1. The lowest BCUT2D eigenvalue weighted by molar-refractivity contribution is 0.102. The molecule has 1 amide bonds. The van der Waals surface area contributed by atoms with Crippen molar-refractivity contribution in [2.24, 2.45) is 0 Å². The zero-order valence-electron chi connectivity index (χ0n) is 16.2. The van der Waals surface area contributed by atoms with Gasteiger partial charge in [0.15, 0.2) is 11.5 Å². The fourth-order valence-corrected chi connectivity index (χ4v) is 4.10. The average Bonchev–Trinajstić information content (AvgIpc) is 3.22. The molecule has 0 aliphatic carbocycles. The lowest BCUT2D eigenvalue weighted by Crippen LogP contribution is -2.16. The number of sulfonamides is 1. The highest BCUT2D eigenvalue weighted by molar-refractivity contribution is 7.92. The number of rotatable bonds is 6. The Morgan fingerprint density at radius 2 is 1.67 bits per heavy atom. The van der Waals surface area contributed by atoms with Gasteiger partial charge in [-0.3, -0.25) is 9.52 Å². The SMILES string of the molecule is CCc1ccc(NC(=O)c2cccc(S(=O)(=O)Nc3ccc4c(c3)OCO4)c2)cc1. The third-order valence-electron chi connectivity index (χ3n) is 4.65. The van der Waals surface area contributed by atoms with Gasteiger partial charge in [-0.1, -0.05) is 25.1 Å². The summed E-state index contributed by atoms with van der Waals surface area (Å²) in [6.07, 6.45) is 0.907. The van der Waals surface area contributed by atoms with Gasteiger partial charge in [0, 0.05) is 17.3 Å². The molecule has 0 aromatic heterocycles. The predicted octanol–water partition coefficient (Wildman–Crippen LogP) is 4.03. The summed E-state index contributed by atoms with van der Waals surface area (Å²) in [5.41, 5.74) is 2.38. The van der Waals surface area contributed by atoms with Crippen LogP contribution in [-0.2, 0) is 16.4 Å². The van der Waals surface area contributed by atoms with E-state index < -0.39 is 10.0 Å². The van der Waals surface area contributed by atoms with Crippen LogP contribution in [0.4, 0.5) is 11.4 Å². The second-order valence-electron chi connectivity index (χ2n) is 6.71. The molecule has 1 aliphatic heterocycles. The van der Waals surface area contributed by atoms with Crippen molar-refractivity contribution < 1.29 is 22.7 Å². The number of hydrogen-bond donors (Lipinski definition) is 2. The minimum atomic E-state index is -3.90. The standard InChI is InChI=1S/C22H20N2O5S/c1-2-15-6-8-17(9-7-15)23-22(25)16-4-3-5-19(12-16)30(26,27)24-18-10-11-20-21(13-18)29-14-28-20/h3-13,24H,2,14H2,1H3,(H,23,25). The van der Waals surface area contributed by atoms with E-state index in [-0.39, 0.29) is 23.2 Å². The smallest absolute Gasteiger partial charge is 0.261 e. The highest BCUT2D eigenvalue weighted by Crippen LogP contribution is 2.34. The Labute approximate surface area is 174 Å². The quantitative estimate of drug-likeness (QED) is 0.623. The number of ether oxygens (including phenoxy) is 2. The van der Waals surface area contributed by atoms with Gasteiger partial charge >= 0.3 is 0 Å². The van der Waals surface area contributed by atoms with Crippen LogP contribution in [0, 0.1) is 0 Å². The number of aryl methyl sites for hydroxylation is 1. The summed E-state index contributed by atoms with van der Waals surface area (Å²) >= 11 is 0. The molecule has 0 bridgehead atoms. The van der Waals surface area contributed by atoms with Crippen molar-refractivity contribution in [2.75, 3.05) is 16.8 Å². The molecule has 1 aliphatic rings. The first kappa shape index (κ1) is 19.8. The Morgan fingerprint density at radius 3 is 2.43 bits per heavy atom. The lowest BCUT2D eigenvalue weighted by Gasteiger charge is -2.10. The number of hydrogen-bond acceptors (Lipinski definition) is 5. The maximum absolute atomic E-state index is 12.8. The third-order valence-corrected chi connectivity index (χ3v) is 6.03. The Kier molecular flexibility index (Phi) is 5.33. The van der Waals surface area contributed by atoms with Crippen LogP contribution in [0.5, 0.6) is 11.5 Å². The van der Waals surface area contributed by atoms with Crippen molar-refractivity contribution in [3.8, 4) is 11.5 Å². The molecule has 3 aromatic rings. The molecule has 0 unspecified atom stereocenters. The van der Waals surface area contributed by atoms with Gasteiger partial charge in [-0.25, -0.2) is 8.42 Å². The Morgan fingerprint density at radius 1 is 0.933 bits per heavy atom. The molecule has 0 spiro atoms. The molecule has 7 nitrogen and oxygen atoms in total. The van der Waals surface area contributed by atoms with E-state index in [1.165, 1.54) is 18.2 Å². The topological polar surface area (TPSA) is 93.7 Å². The van der Waals surface area contributed by atoms with Crippen LogP contribution in [0.2, 0.25) is 0 Å². The van der Waals surface area contributed by atoms with Crippen LogP contribution in [0.25, 0.3) is 0 Å². The first-order chi connectivity index (χ1) is 14.4. The second-order valence-corrected chi connectivity index (χ2v) is 8.39. The van der Waals surface area contributed by atoms with E-state index in [9.17, 15) is 13.2 Å². The zero-order chi connectivity index (χ0) is 21.1. The molecule has 30 heavy (non-hydrogen) atoms. The number of nitrogens with one attached hydrogen (secondary N) is 2. The molecule has 0 fully saturated rings. The Balaban J connectivity index is 1.51. The first-order valence-electron chi connectivity index (χ1n) is 9.37. The molecule has 1 heterocycles. The average molecular weight is 424 g/mol. The van der Waals surface area contributed by atoms with Crippen molar-refractivity contribution >= 4 is 27.3 Å². The largest absolute Gasteiger partial charge is 0.454 e. The van der Waals surface area contributed by atoms with E-state index in [0.717, 1.165) is 12.0 Å². The zero-order valence-corrected chi connectivity index (χ0v) is 17.0. The molecule has 154 valence electrons. The van der Waals surface area contributed by atoms with Crippen molar-refractivity contribution in [3.05, 3.63) is 77.9 Å². The highest BCUT2D eigenvalue weighted by atomic mass is 32.2. The molecule has 8 heteroatoms. The summed E-state index contributed by atoms with van der Waals surface area (Å²) in [5, 5.41) is 2.78. The normalized spacial score (nSPS) is 12.4. The summed E-state index contributed by atoms with van der Waals surface area (Å²) in [5.74, 6) is 0.639. The molecule has 0 saturated carbocycles. The van der Waals surface area contributed by atoms with Gasteiger partial charge < -0.3 is 14.8 Å². The van der Waals surface area contributed by atoms with Gasteiger partial charge in [0.2, 0.25) is 6.79 Å². The van der Waals surface area contributed by atoms with Crippen LogP contribution in [0.3, 0.4) is 0 Å². The fraction of sp³-hybridized carbons (Fsp3) is 0.136. The van der Waals surface area contributed by atoms with Crippen LogP contribution in [0.1, 0.15) is 22.8 Å². The minimum absolute atomic E-state index is 0.0193. The number of carbonyl (C=O) groups excluding carboxylic acids is 1.